The Balaban J connectivity index is 2.45. The van der Waals surface area contributed by atoms with Crippen LogP contribution in [0.5, 0.6) is 0 Å². The molecule has 0 unspecified atom stereocenters. The van der Waals surface area contributed by atoms with Gasteiger partial charge in [-0.05, 0) is 18.5 Å². The van der Waals surface area contributed by atoms with Gasteiger partial charge in [-0.15, -0.1) is 15.3 Å². The van der Waals surface area contributed by atoms with Gasteiger partial charge < -0.3 is 0 Å². The maximum atomic E-state index is 11.5. The highest BCUT2D eigenvalue weighted by Gasteiger charge is 2.20. The van der Waals surface area contributed by atoms with Crippen LogP contribution in [0.1, 0.15) is 12.6 Å². The number of rotatable bonds is 3. The first kappa shape index (κ1) is 11.6. The first-order chi connectivity index (χ1) is 7.54. The summed E-state index contributed by atoms with van der Waals surface area (Å²) in [4.78, 5) is 0.773. The molecule has 0 atom stereocenters. The molecule has 0 saturated heterocycles. The van der Waals surface area contributed by atoms with E-state index in [2.05, 4.69) is 19.8 Å². The van der Waals surface area contributed by atoms with Crippen LogP contribution in [0.3, 0.4) is 0 Å². The lowest BCUT2D eigenvalue weighted by molar-refractivity contribution is 0.595. The van der Waals surface area contributed by atoms with Crippen molar-refractivity contribution in [1.82, 2.24) is 19.8 Å². The summed E-state index contributed by atoms with van der Waals surface area (Å²) in [6.07, 6.45) is 0. The zero-order valence-corrected chi connectivity index (χ0v) is 11.0. The molecule has 2 aromatic heterocycles. The Morgan fingerprint density at radius 1 is 1.25 bits per heavy atom. The molecule has 86 valence electrons. The van der Waals surface area contributed by atoms with Crippen molar-refractivity contribution in [2.24, 2.45) is 0 Å². The van der Waals surface area contributed by atoms with Crippen LogP contribution in [-0.4, -0.2) is 34.0 Å². The number of hydrogen-bond donors (Lipinski definition) is 0. The molecular weight excluding hydrogens is 268 g/mol. The topological polar surface area (TPSA) is 85.7 Å². The maximum Gasteiger partial charge on any atom is 0.232 e. The summed E-state index contributed by atoms with van der Waals surface area (Å²) in [6, 6.07) is 0. The van der Waals surface area contributed by atoms with Gasteiger partial charge in [0.25, 0.3) is 0 Å². The van der Waals surface area contributed by atoms with Gasteiger partial charge in [0.2, 0.25) is 14.2 Å². The second kappa shape index (κ2) is 4.15. The highest BCUT2D eigenvalue weighted by molar-refractivity contribution is 7.93. The summed E-state index contributed by atoms with van der Waals surface area (Å²) in [5.41, 5.74) is 0.738. The Labute approximate surface area is 100 Å². The molecule has 2 heterocycles. The van der Waals surface area contributed by atoms with E-state index >= 15 is 0 Å². The van der Waals surface area contributed by atoms with Gasteiger partial charge in [0.05, 0.1) is 11.4 Å². The lowest BCUT2D eigenvalue weighted by atomic mass is 10.4. The van der Waals surface area contributed by atoms with Crippen molar-refractivity contribution >= 4 is 32.7 Å². The van der Waals surface area contributed by atoms with Crippen molar-refractivity contribution in [1.29, 1.82) is 0 Å². The standard InChI is InChI=1S/C7H8N4O2S3/c1-3-16(12,13)7-10-9-6(14-7)5-4(2)8-11-15-5/h3H2,1-2H3. The Morgan fingerprint density at radius 3 is 2.56 bits per heavy atom. The van der Waals surface area contributed by atoms with E-state index in [0.29, 0.717) is 5.01 Å². The molecule has 0 saturated carbocycles. The van der Waals surface area contributed by atoms with Gasteiger partial charge >= 0.3 is 0 Å². The Kier molecular flexibility index (Phi) is 3.00. The third kappa shape index (κ3) is 1.97. The lowest BCUT2D eigenvalue weighted by Gasteiger charge is -1.91. The van der Waals surface area contributed by atoms with Crippen molar-refractivity contribution in [3.63, 3.8) is 0 Å². The fraction of sp³-hybridized carbons (Fsp3) is 0.429. The van der Waals surface area contributed by atoms with Crippen LogP contribution in [0.25, 0.3) is 9.88 Å². The number of nitrogens with zero attached hydrogens (tertiary/aromatic N) is 4. The minimum absolute atomic E-state index is 0.0293. The summed E-state index contributed by atoms with van der Waals surface area (Å²) in [7, 11) is -3.27. The van der Waals surface area contributed by atoms with Crippen LogP contribution in [0.15, 0.2) is 4.34 Å². The summed E-state index contributed by atoms with van der Waals surface area (Å²) in [5, 5.41) is 11.9. The quantitative estimate of drug-likeness (QED) is 0.836. The van der Waals surface area contributed by atoms with E-state index in [1.54, 1.807) is 13.8 Å². The Morgan fingerprint density at radius 2 is 2.00 bits per heavy atom. The monoisotopic (exact) mass is 276 g/mol. The number of sulfone groups is 1. The van der Waals surface area contributed by atoms with Crippen LogP contribution in [0.4, 0.5) is 0 Å². The smallest absolute Gasteiger partial charge is 0.221 e. The summed E-state index contributed by atoms with van der Waals surface area (Å²) in [6.45, 7) is 3.38. The number of aromatic nitrogens is 4. The second-order valence-corrected chi connectivity index (χ2v) is 7.15. The van der Waals surface area contributed by atoms with Gasteiger partial charge in [0.1, 0.15) is 4.88 Å². The Hall–Kier alpha value is -0.930. The minimum Gasteiger partial charge on any atom is -0.221 e. The summed E-state index contributed by atoms with van der Waals surface area (Å²) < 4.78 is 26.9. The molecule has 16 heavy (non-hydrogen) atoms. The molecule has 9 heteroatoms. The molecule has 0 spiro atoms. The fourth-order valence-corrected chi connectivity index (χ4v) is 3.83. The highest BCUT2D eigenvalue weighted by Crippen LogP contribution is 2.30. The molecule has 0 bridgehead atoms. The zero-order chi connectivity index (χ0) is 11.8. The van der Waals surface area contributed by atoms with Gasteiger partial charge in [-0.2, -0.15) is 0 Å². The van der Waals surface area contributed by atoms with Gasteiger partial charge in [-0.25, -0.2) is 8.42 Å². The lowest BCUT2D eigenvalue weighted by Crippen LogP contribution is -2.02. The molecule has 0 N–H and O–H groups in total. The molecule has 0 aromatic carbocycles. The molecule has 0 radical (unpaired) electrons. The van der Waals surface area contributed by atoms with Gasteiger partial charge in [0, 0.05) is 0 Å². The number of aryl methyl sites for hydroxylation is 1. The van der Waals surface area contributed by atoms with Crippen molar-refractivity contribution in [2.45, 2.75) is 18.2 Å². The first-order valence-electron chi connectivity index (χ1n) is 4.40. The van der Waals surface area contributed by atoms with Crippen LogP contribution in [-0.2, 0) is 9.84 Å². The second-order valence-electron chi connectivity index (χ2n) is 2.96. The average molecular weight is 276 g/mol. The Bertz CT molecular complexity index is 601. The van der Waals surface area contributed by atoms with Crippen molar-refractivity contribution in [3.05, 3.63) is 5.69 Å². The zero-order valence-electron chi connectivity index (χ0n) is 8.54. The minimum atomic E-state index is -3.27. The fourth-order valence-electron chi connectivity index (χ4n) is 0.978. The summed E-state index contributed by atoms with van der Waals surface area (Å²) >= 11 is 2.24. The molecule has 0 aliphatic heterocycles. The first-order valence-corrected chi connectivity index (χ1v) is 7.64. The van der Waals surface area contributed by atoms with Gasteiger partial charge in [0.15, 0.2) is 5.01 Å². The third-order valence-electron chi connectivity index (χ3n) is 1.90. The van der Waals surface area contributed by atoms with Crippen LogP contribution >= 0.6 is 22.9 Å². The van der Waals surface area contributed by atoms with Gasteiger partial charge in [-0.1, -0.05) is 22.7 Å². The highest BCUT2D eigenvalue weighted by atomic mass is 32.2. The van der Waals surface area contributed by atoms with Crippen molar-refractivity contribution in [2.75, 3.05) is 5.75 Å². The molecule has 2 aromatic rings. The van der Waals surface area contributed by atoms with Crippen LogP contribution < -0.4 is 0 Å². The summed E-state index contributed by atoms with van der Waals surface area (Å²) in [5.74, 6) is 0.0293. The van der Waals surface area contributed by atoms with E-state index in [-0.39, 0.29) is 10.1 Å². The van der Waals surface area contributed by atoms with Crippen LogP contribution in [0.2, 0.25) is 0 Å². The molecule has 6 nitrogen and oxygen atoms in total. The van der Waals surface area contributed by atoms with Crippen LogP contribution in [0, 0.1) is 6.92 Å². The van der Waals surface area contributed by atoms with E-state index in [1.807, 2.05) is 0 Å². The number of hydrogen-bond acceptors (Lipinski definition) is 8. The average Bonchev–Trinajstić information content (AvgIpc) is 2.85. The normalized spacial score (nSPS) is 11.9. The predicted octanol–water partition coefficient (Wildman–Crippen LogP) is 1.16. The van der Waals surface area contributed by atoms with E-state index in [1.165, 1.54) is 11.5 Å². The van der Waals surface area contributed by atoms with E-state index in [9.17, 15) is 8.42 Å². The molecule has 0 amide bonds. The SMILES string of the molecule is CCS(=O)(=O)c1nnc(-c2snnc2C)s1. The van der Waals surface area contributed by atoms with Crippen molar-refractivity contribution < 1.29 is 8.42 Å². The maximum absolute atomic E-state index is 11.5. The molecule has 2 rings (SSSR count). The van der Waals surface area contributed by atoms with E-state index < -0.39 is 9.84 Å². The molecule has 0 aliphatic rings. The third-order valence-corrected chi connectivity index (χ3v) is 5.98. The van der Waals surface area contributed by atoms with Gasteiger partial charge in [-0.3, -0.25) is 0 Å². The molecule has 0 fully saturated rings. The molecular formula is C7H8N4O2S3. The molecule has 0 aliphatic carbocycles. The predicted molar refractivity (Wildman–Crippen MR) is 61.3 cm³/mol. The van der Waals surface area contributed by atoms with Crippen molar-refractivity contribution in [3.8, 4) is 9.88 Å². The van der Waals surface area contributed by atoms with E-state index in [4.69, 9.17) is 0 Å². The van der Waals surface area contributed by atoms with E-state index in [0.717, 1.165) is 21.9 Å². The largest absolute Gasteiger partial charge is 0.232 e.